The Labute approximate surface area is 157 Å². The third kappa shape index (κ3) is 3.44. The predicted octanol–water partition coefficient (Wildman–Crippen LogP) is 4.18. The molecule has 9 heteroatoms. The average molecular weight is 389 g/mol. The van der Waals surface area contributed by atoms with Gasteiger partial charge in [0, 0.05) is 5.92 Å². The molecule has 1 aromatic carbocycles. The third-order valence-corrected chi connectivity index (χ3v) is 6.79. The molecule has 3 aromatic heterocycles. The van der Waals surface area contributed by atoms with E-state index in [2.05, 4.69) is 51.6 Å². The fourth-order valence-electron chi connectivity index (χ4n) is 2.60. The number of rotatable bonds is 6. The molecule has 0 unspecified atom stereocenters. The Morgan fingerprint density at radius 3 is 2.64 bits per heavy atom. The summed E-state index contributed by atoms with van der Waals surface area (Å²) in [6.07, 6.45) is 1.00. The topological polar surface area (TPSA) is 68.9 Å². The molecule has 128 valence electrons. The zero-order chi connectivity index (χ0) is 17.2. The lowest BCUT2D eigenvalue weighted by Crippen LogP contribution is -2.01. The molecular weight excluding hydrogens is 372 g/mol. The summed E-state index contributed by atoms with van der Waals surface area (Å²) in [5.74, 6) is 1.82. The SMILES string of the molecule is CC[C@H](c1ccccc1)c1nn2c(CSc3nnc(C)s3)nnc2s1. The highest BCUT2D eigenvalue weighted by molar-refractivity contribution is 8.00. The van der Waals surface area contributed by atoms with Crippen molar-refractivity contribution in [3.8, 4) is 0 Å². The summed E-state index contributed by atoms with van der Waals surface area (Å²) in [6, 6.07) is 10.5. The number of benzene rings is 1. The first kappa shape index (κ1) is 16.6. The van der Waals surface area contributed by atoms with Crippen molar-refractivity contribution in [2.75, 3.05) is 0 Å². The second-order valence-electron chi connectivity index (χ2n) is 5.50. The maximum Gasteiger partial charge on any atom is 0.234 e. The summed E-state index contributed by atoms with van der Waals surface area (Å²) in [5.41, 5.74) is 1.29. The molecule has 3 heterocycles. The molecule has 1 atom stereocenters. The molecule has 0 N–H and O–H groups in total. The van der Waals surface area contributed by atoms with Gasteiger partial charge in [-0.2, -0.15) is 9.61 Å². The minimum atomic E-state index is 0.291. The van der Waals surface area contributed by atoms with Gasteiger partial charge in [-0.05, 0) is 18.9 Å². The lowest BCUT2D eigenvalue weighted by molar-refractivity contribution is 0.734. The number of nitrogens with zero attached hydrogens (tertiary/aromatic N) is 6. The fourth-order valence-corrected chi connectivity index (χ4v) is 5.39. The van der Waals surface area contributed by atoms with Crippen molar-refractivity contribution in [3.63, 3.8) is 0 Å². The molecule has 0 saturated heterocycles. The Hall–Kier alpha value is -1.84. The van der Waals surface area contributed by atoms with E-state index in [-0.39, 0.29) is 0 Å². The predicted molar refractivity (Wildman–Crippen MR) is 101 cm³/mol. The highest BCUT2D eigenvalue weighted by Gasteiger charge is 2.20. The average Bonchev–Trinajstić information content (AvgIpc) is 3.31. The molecular formula is C16H16N6S3. The molecule has 4 aromatic rings. The molecule has 0 bridgehead atoms. The van der Waals surface area contributed by atoms with Gasteiger partial charge in [0.2, 0.25) is 4.96 Å². The Kier molecular flexibility index (Phi) is 4.78. The van der Waals surface area contributed by atoms with E-state index >= 15 is 0 Å². The lowest BCUT2D eigenvalue weighted by atomic mass is 9.97. The second-order valence-corrected chi connectivity index (χ2v) is 8.89. The molecule has 25 heavy (non-hydrogen) atoms. The second kappa shape index (κ2) is 7.19. The van der Waals surface area contributed by atoms with Crippen LogP contribution in [0.15, 0.2) is 34.7 Å². The summed E-state index contributed by atoms with van der Waals surface area (Å²) in [6.45, 7) is 4.15. The van der Waals surface area contributed by atoms with E-state index in [0.29, 0.717) is 11.7 Å². The van der Waals surface area contributed by atoms with Gasteiger partial charge in [-0.15, -0.1) is 20.4 Å². The molecule has 0 amide bonds. The molecule has 0 saturated carbocycles. The zero-order valence-electron chi connectivity index (χ0n) is 13.8. The molecule has 0 fully saturated rings. The maximum absolute atomic E-state index is 4.80. The summed E-state index contributed by atoms with van der Waals surface area (Å²) >= 11 is 4.83. The fraction of sp³-hybridized carbons (Fsp3) is 0.312. The number of hydrogen-bond acceptors (Lipinski definition) is 8. The van der Waals surface area contributed by atoms with Crippen LogP contribution in [0, 0.1) is 6.92 Å². The van der Waals surface area contributed by atoms with Crippen molar-refractivity contribution in [2.24, 2.45) is 0 Å². The molecule has 4 rings (SSSR count). The number of hydrogen-bond donors (Lipinski definition) is 0. The normalized spacial score (nSPS) is 12.7. The van der Waals surface area contributed by atoms with E-state index in [4.69, 9.17) is 5.10 Å². The minimum Gasteiger partial charge on any atom is -0.186 e. The number of thioether (sulfide) groups is 1. The van der Waals surface area contributed by atoms with Crippen LogP contribution in [0.3, 0.4) is 0 Å². The van der Waals surface area contributed by atoms with Crippen LogP contribution >= 0.6 is 34.4 Å². The Morgan fingerprint density at radius 2 is 1.92 bits per heavy atom. The van der Waals surface area contributed by atoms with Crippen molar-refractivity contribution in [1.29, 1.82) is 0 Å². The largest absolute Gasteiger partial charge is 0.234 e. The van der Waals surface area contributed by atoms with Gasteiger partial charge < -0.3 is 0 Å². The van der Waals surface area contributed by atoms with E-state index in [1.807, 2.05) is 17.5 Å². The highest BCUT2D eigenvalue weighted by Crippen LogP contribution is 2.32. The van der Waals surface area contributed by atoms with Gasteiger partial charge in [-0.3, -0.25) is 0 Å². The summed E-state index contributed by atoms with van der Waals surface area (Å²) in [5, 5.41) is 23.6. The van der Waals surface area contributed by atoms with E-state index in [9.17, 15) is 0 Å². The number of aryl methyl sites for hydroxylation is 1. The highest BCUT2D eigenvalue weighted by atomic mass is 32.2. The molecule has 6 nitrogen and oxygen atoms in total. The monoisotopic (exact) mass is 388 g/mol. The van der Waals surface area contributed by atoms with E-state index < -0.39 is 0 Å². The molecule has 0 aliphatic rings. The number of aromatic nitrogens is 6. The summed E-state index contributed by atoms with van der Waals surface area (Å²) < 4.78 is 2.81. The number of fused-ring (bicyclic) bond motifs is 1. The smallest absolute Gasteiger partial charge is 0.186 e. The molecule has 0 aliphatic carbocycles. The van der Waals surface area contributed by atoms with Crippen LogP contribution in [-0.4, -0.2) is 30.0 Å². The first-order valence-electron chi connectivity index (χ1n) is 7.93. The van der Waals surface area contributed by atoms with Crippen molar-refractivity contribution in [3.05, 3.63) is 51.7 Å². The Balaban J connectivity index is 1.59. The maximum atomic E-state index is 4.80. The lowest BCUT2D eigenvalue weighted by Gasteiger charge is -2.11. The van der Waals surface area contributed by atoms with Gasteiger partial charge >= 0.3 is 0 Å². The van der Waals surface area contributed by atoms with Crippen molar-refractivity contribution in [2.45, 2.75) is 36.3 Å². The molecule has 0 spiro atoms. The van der Waals surface area contributed by atoms with Gasteiger partial charge in [0.25, 0.3) is 0 Å². The zero-order valence-corrected chi connectivity index (χ0v) is 16.2. The van der Waals surface area contributed by atoms with Gasteiger partial charge in [0.05, 0.1) is 5.75 Å². The van der Waals surface area contributed by atoms with Crippen LogP contribution in [0.4, 0.5) is 0 Å². The van der Waals surface area contributed by atoms with Gasteiger partial charge in [-0.1, -0.05) is 71.7 Å². The van der Waals surface area contributed by atoms with E-state index in [1.54, 1.807) is 34.4 Å². The van der Waals surface area contributed by atoms with Crippen LogP contribution in [0.2, 0.25) is 0 Å². The summed E-state index contributed by atoms with van der Waals surface area (Å²) in [4.78, 5) is 0.841. The van der Waals surface area contributed by atoms with Crippen molar-refractivity contribution in [1.82, 2.24) is 30.0 Å². The van der Waals surface area contributed by atoms with Gasteiger partial charge in [0.15, 0.2) is 10.2 Å². The molecule has 0 aliphatic heterocycles. The van der Waals surface area contributed by atoms with E-state index in [0.717, 1.165) is 31.6 Å². The summed E-state index contributed by atoms with van der Waals surface area (Å²) in [7, 11) is 0. The van der Waals surface area contributed by atoms with Crippen LogP contribution in [0.5, 0.6) is 0 Å². The van der Waals surface area contributed by atoms with Gasteiger partial charge in [0.1, 0.15) is 10.0 Å². The van der Waals surface area contributed by atoms with Crippen molar-refractivity contribution < 1.29 is 0 Å². The van der Waals surface area contributed by atoms with Crippen LogP contribution in [0.1, 0.15) is 40.7 Å². The minimum absolute atomic E-state index is 0.291. The molecule has 0 radical (unpaired) electrons. The first-order valence-corrected chi connectivity index (χ1v) is 10.6. The van der Waals surface area contributed by atoms with Crippen molar-refractivity contribution >= 4 is 39.4 Å². The van der Waals surface area contributed by atoms with E-state index in [1.165, 1.54) is 5.56 Å². The standard InChI is InChI=1S/C16H16N6S3/c1-3-12(11-7-5-4-6-8-11)14-21-22-13(18-19-15(22)25-14)9-23-16-20-17-10(2)24-16/h4-8,12H,3,9H2,1-2H3/t12-/m1/s1. The van der Waals surface area contributed by atoms with Crippen LogP contribution in [0.25, 0.3) is 4.96 Å². The quantitative estimate of drug-likeness (QED) is 0.462. The van der Waals surface area contributed by atoms with Crippen LogP contribution < -0.4 is 0 Å². The van der Waals surface area contributed by atoms with Crippen LogP contribution in [-0.2, 0) is 5.75 Å². The van der Waals surface area contributed by atoms with Gasteiger partial charge in [-0.25, -0.2) is 0 Å². The first-order chi connectivity index (χ1) is 12.2. The third-order valence-electron chi connectivity index (χ3n) is 3.81. The Bertz CT molecular complexity index is 974. The Morgan fingerprint density at radius 1 is 1.08 bits per heavy atom.